The molecule has 123 valence electrons. The molecule has 0 atom stereocenters. The van der Waals surface area contributed by atoms with E-state index in [-0.39, 0.29) is 52.4 Å². The van der Waals surface area contributed by atoms with Crippen LogP contribution in [0.2, 0.25) is 20.6 Å². The summed E-state index contributed by atoms with van der Waals surface area (Å²) in [6.07, 6.45) is 1.57. The van der Waals surface area contributed by atoms with E-state index in [2.05, 4.69) is 9.97 Å². The number of nitrogens with zero attached hydrogens (tertiary/aromatic N) is 2. The van der Waals surface area contributed by atoms with Crippen LogP contribution in [0.1, 0.15) is 12.6 Å². The van der Waals surface area contributed by atoms with Gasteiger partial charge in [0.1, 0.15) is 26.9 Å². The molecular formula is C14H13BCl4N2NaO2. The van der Waals surface area contributed by atoms with E-state index >= 15 is 0 Å². The summed E-state index contributed by atoms with van der Waals surface area (Å²) in [4.78, 5) is 17.7. The van der Waals surface area contributed by atoms with Gasteiger partial charge >= 0.3 is 29.6 Å². The van der Waals surface area contributed by atoms with E-state index in [4.69, 9.17) is 51.5 Å². The first-order chi connectivity index (χ1) is 10.5. The number of rotatable bonds is 4. The Kier molecular flexibility index (Phi) is 15.8. The predicted molar refractivity (Wildman–Crippen MR) is 95.9 cm³/mol. The molecule has 0 aliphatic carbocycles. The number of aromatic nitrogens is 2. The molecule has 0 fully saturated rings. The third-order valence-electron chi connectivity index (χ3n) is 2.47. The Morgan fingerprint density at radius 2 is 1.42 bits per heavy atom. The third-order valence-corrected chi connectivity index (χ3v) is 3.54. The molecule has 0 amide bonds. The summed E-state index contributed by atoms with van der Waals surface area (Å²) in [5, 5.41) is 9.97. The Labute approximate surface area is 186 Å². The maximum absolute atomic E-state index is 10.1. The topological polar surface area (TPSA) is 63.1 Å². The van der Waals surface area contributed by atoms with E-state index in [1.807, 2.05) is 0 Å². The number of hydrogen-bond donors (Lipinski definition) is 1. The first-order valence-corrected chi connectivity index (χ1v) is 7.65. The molecule has 10 heteroatoms. The monoisotopic (exact) mass is 415 g/mol. The number of pyridine rings is 2. The van der Waals surface area contributed by atoms with Gasteiger partial charge in [0.25, 0.3) is 0 Å². The second-order valence-corrected chi connectivity index (χ2v) is 5.50. The van der Waals surface area contributed by atoms with Crippen molar-refractivity contribution in [3.63, 3.8) is 0 Å². The molecule has 2 heterocycles. The summed E-state index contributed by atoms with van der Waals surface area (Å²) < 4.78 is 0. The fraction of sp³-hybridized carbons (Fsp3) is 0.214. The van der Waals surface area contributed by atoms with Gasteiger partial charge < -0.3 is 11.3 Å². The molecule has 0 aliphatic heterocycles. The molecule has 0 unspecified atom stereocenters. The normalized spacial score (nSPS) is 9.04. The summed E-state index contributed by atoms with van der Waals surface area (Å²) in [5.74, 6) is 0. The van der Waals surface area contributed by atoms with Crippen molar-refractivity contribution in [2.24, 2.45) is 0 Å². The quantitative estimate of drug-likeness (QED) is 0.455. The summed E-state index contributed by atoms with van der Waals surface area (Å²) in [6.45, 7) is 0.0725. The second kappa shape index (κ2) is 14.3. The molecule has 24 heavy (non-hydrogen) atoms. The Bertz CT molecular complexity index is 656. The zero-order valence-electron chi connectivity index (χ0n) is 13.8. The Balaban J connectivity index is -0.000000346. The molecule has 0 saturated carbocycles. The molecule has 2 rings (SSSR count). The first-order valence-electron chi connectivity index (χ1n) is 6.14. The molecule has 0 aliphatic rings. The van der Waals surface area contributed by atoms with Gasteiger partial charge in [-0.25, -0.2) is 9.97 Å². The largest absolute Gasteiger partial charge is 1.00 e. The molecule has 3 radical (unpaired) electrons. The van der Waals surface area contributed by atoms with E-state index in [1.165, 1.54) is 0 Å². The number of aliphatic hydroxyl groups excluding tert-OH is 1. The van der Waals surface area contributed by atoms with Crippen molar-refractivity contribution in [3.8, 4) is 0 Å². The molecule has 0 spiro atoms. The van der Waals surface area contributed by atoms with Gasteiger partial charge in [0.2, 0.25) is 0 Å². The molecule has 0 saturated heterocycles. The van der Waals surface area contributed by atoms with Crippen molar-refractivity contribution in [1.29, 1.82) is 0 Å². The zero-order valence-corrected chi connectivity index (χ0v) is 17.9. The van der Waals surface area contributed by atoms with Crippen LogP contribution in [-0.4, -0.2) is 36.4 Å². The Hall–Kier alpha value is 0.155. The number of aldehydes is 1. The van der Waals surface area contributed by atoms with Crippen LogP contribution in [0.15, 0.2) is 24.3 Å². The maximum atomic E-state index is 10.1. The standard InChI is InChI=1S/C7H7Cl2NO.C7H5Cl2NO.B.Na.H/c2*8-6-2-1-5(3-4-11)7(9)10-6;;;/h1-2,11H,3-4H2;1-2,4H,3H2;;;/q;;;+1;-1. The van der Waals surface area contributed by atoms with Crippen molar-refractivity contribution in [2.75, 3.05) is 6.61 Å². The first kappa shape index (κ1) is 26.4. The predicted octanol–water partition coefficient (Wildman–Crippen LogP) is 0.789. The van der Waals surface area contributed by atoms with Crippen LogP contribution < -0.4 is 29.6 Å². The van der Waals surface area contributed by atoms with Crippen molar-refractivity contribution in [3.05, 3.63) is 56.0 Å². The van der Waals surface area contributed by atoms with E-state index in [1.54, 1.807) is 24.3 Å². The van der Waals surface area contributed by atoms with Crippen LogP contribution in [0.4, 0.5) is 0 Å². The zero-order chi connectivity index (χ0) is 16.5. The Morgan fingerprint density at radius 1 is 0.958 bits per heavy atom. The molecular weight excluding hydrogens is 404 g/mol. The van der Waals surface area contributed by atoms with Crippen molar-refractivity contribution < 1.29 is 40.9 Å². The molecule has 0 bridgehead atoms. The summed E-state index contributed by atoms with van der Waals surface area (Å²) in [5.41, 5.74) is 1.52. The number of hydrogen-bond acceptors (Lipinski definition) is 4. The minimum atomic E-state index is 0. The van der Waals surface area contributed by atoms with Gasteiger partial charge in [-0.3, -0.25) is 0 Å². The van der Waals surface area contributed by atoms with Crippen molar-refractivity contribution >= 4 is 61.1 Å². The van der Waals surface area contributed by atoms with Gasteiger partial charge in [-0.1, -0.05) is 58.5 Å². The summed E-state index contributed by atoms with van der Waals surface area (Å²) >= 11 is 22.4. The molecule has 1 N–H and O–H groups in total. The van der Waals surface area contributed by atoms with Crippen LogP contribution in [0.3, 0.4) is 0 Å². The minimum Gasteiger partial charge on any atom is -1.00 e. The fourth-order valence-corrected chi connectivity index (χ4v) is 2.29. The number of aliphatic hydroxyl groups is 1. The van der Waals surface area contributed by atoms with Crippen LogP contribution in [0.5, 0.6) is 0 Å². The van der Waals surface area contributed by atoms with E-state index in [0.29, 0.717) is 32.6 Å². The number of halogens is 4. The van der Waals surface area contributed by atoms with Gasteiger partial charge in [-0.05, 0) is 29.7 Å². The smallest absolute Gasteiger partial charge is 1.00 e. The van der Waals surface area contributed by atoms with E-state index in [9.17, 15) is 4.79 Å². The molecule has 0 aromatic carbocycles. The van der Waals surface area contributed by atoms with Crippen LogP contribution in [0.25, 0.3) is 0 Å². The fourth-order valence-electron chi connectivity index (χ4n) is 1.43. The van der Waals surface area contributed by atoms with Crippen LogP contribution >= 0.6 is 46.4 Å². The van der Waals surface area contributed by atoms with E-state index in [0.717, 1.165) is 11.8 Å². The number of carbonyl (C=O) groups is 1. The minimum absolute atomic E-state index is 0. The van der Waals surface area contributed by atoms with Gasteiger partial charge in [0.05, 0.1) is 0 Å². The average molecular weight is 417 g/mol. The third kappa shape index (κ3) is 9.59. The van der Waals surface area contributed by atoms with Gasteiger partial charge in [0.15, 0.2) is 0 Å². The molecule has 2 aromatic rings. The summed E-state index contributed by atoms with van der Waals surface area (Å²) in [6, 6.07) is 6.70. The number of carbonyl (C=O) groups excluding carboxylic acids is 1. The SMILES string of the molecule is O=CCc1ccc(Cl)nc1Cl.OCCc1ccc(Cl)nc1Cl.[B].[H-].[Na+]. The second-order valence-electron chi connectivity index (χ2n) is 4.01. The van der Waals surface area contributed by atoms with Gasteiger partial charge in [-0.2, -0.15) is 0 Å². The van der Waals surface area contributed by atoms with Gasteiger partial charge in [-0.15, -0.1) is 0 Å². The van der Waals surface area contributed by atoms with Gasteiger partial charge in [0, 0.05) is 21.4 Å². The van der Waals surface area contributed by atoms with Crippen molar-refractivity contribution in [1.82, 2.24) is 9.97 Å². The van der Waals surface area contributed by atoms with Crippen molar-refractivity contribution in [2.45, 2.75) is 12.8 Å². The maximum Gasteiger partial charge on any atom is 1.00 e. The summed E-state index contributed by atoms with van der Waals surface area (Å²) in [7, 11) is 0. The molecule has 2 aromatic heterocycles. The van der Waals surface area contributed by atoms with E-state index < -0.39 is 0 Å². The Morgan fingerprint density at radius 3 is 1.79 bits per heavy atom. The average Bonchev–Trinajstić information content (AvgIpc) is 2.46. The van der Waals surface area contributed by atoms with Crippen LogP contribution in [0, 0.1) is 0 Å². The molecule has 4 nitrogen and oxygen atoms in total. The van der Waals surface area contributed by atoms with Crippen LogP contribution in [-0.2, 0) is 17.6 Å².